The molecule has 0 aromatic heterocycles. The van der Waals surface area contributed by atoms with Crippen molar-refractivity contribution in [2.45, 2.75) is 25.8 Å². The van der Waals surface area contributed by atoms with Gasteiger partial charge in [-0.2, -0.15) is 0 Å². The van der Waals surface area contributed by atoms with Crippen molar-refractivity contribution < 1.29 is 0 Å². The number of nitrogens with one attached hydrogen (secondary N) is 1. The Morgan fingerprint density at radius 2 is 1.95 bits per heavy atom. The zero-order chi connectivity index (χ0) is 13.7. The van der Waals surface area contributed by atoms with Crippen molar-refractivity contribution >= 4 is 5.69 Å². The Morgan fingerprint density at radius 3 is 2.63 bits per heavy atom. The maximum atomic E-state index is 3.66. The molecular formula is C16H27N3. The van der Waals surface area contributed by atoms with Crippen LogP contribution in [0.3, 0.4) is 0 Å². The zero-order valence-electron chi connectivity index (χ0n) is 12.5. The molecule has 0 radical (unpaired) electrons. The van der Waals surface area contributed by atoms with Crippen molar-refractivity contribution in [2.75, 3.05) is 45.6 Å². The van der Waals surface area contributed by atoms with Crippen molar-refractivity contribution in [1.29, 1.82) is 0 Å². The summed E-state index contributed by atoms with van der Waals surface area (Å²) in [5, 5.41) is 3.66. The highest BCUT2D eigenvalue weighted by molar-refractivity contribution is 5.56. The Morgan fingerprint density at radius 1 is 1.16 bits per heavy atom. The molecule has 1 heterocycles. The van der Waals surface area contributed by atoms with Gasteiger partial charge < -0.3 is 15.1 Å². The van der Waals surface area contributed by atoms with Gasteiger partial charge in [-0.25, -0.2) is 0 Å². The van der Waals surface area contributed by atoms with E-state index in [2.05, 4.69) is 60.4 Å². The van der Waals surface area contributed by atoms with Crippen LogP contribution in [0.4, 0.5) is 5.69 Å². The van der Waals surface area contributed by atoms with Gasteiger partial charge in [0.15, 0.2) is 0 Å². The molecular weight excluding hydrogens is 234 g/mol. The number of hydrogen-bond acceptors (Lipinski definition) is 3. The SMILES string of the molecule is CCCN(CCN(C)C)CC1Cc2ccccc2N1. The fraction of sp³-hybridized carbons (Fsp3) is 0.625. The number of rotatable bonds is 7. The summed E-state index contributed by atoms with van der Waals surface area (Å²) < 4.78 is 0. The van der Waals surface area contributed by atoms with Crippen LogP contribution in [0.5, 0.6) is 0 Å². The summed E-state index contributed by atoms with van der Waals surface area (Å²) in [6.07, 6.45) is 2.39. The van der Waals surface area contributed by atoms with Gasteiger partial charge in [0.1, 0.15) is 0 Å². The van der Waals surface area contributed by atoms with Crippen molar-refractivity contribution in [3.63, 3.8) is 0 Å². The molecule has 0 bridgehead atoms. The van der Waals surface area contributed by atoms with Gasteiger partial charge in [-0.15, -0.1) is 0 Å². The van der Waals surface area contributed by atoms with Gasteiger partial charge in [0.2, 0.25) is 0 Å². The highest BCUT2D eigenvalue weighted by Crippen LogP contribution is 2.25. The molecule has 1 N–H and O–H groups in total. The third-order valence-electron chi connectivity index (χ3n) is 3.73. The lowest BCUT2D eigenvalue weighted by atomic mass is 10.1. The maximum absolute atomic E-state index is 3.66. The summed E-state index contributed by atoms with van der Waals surface area (Å²) >= 11 is 0. The molecule has 1 unspecified atom stereocenters. The summed E-state index contributed by atoms with van der Waals surface area (Å²) in [6, 6.07) is 9.26. The van der Waals surface area contributed by atoms with Crippen LogP contribution < -0.4 is 5.32 Å². The molecule has 1 atom stereocenters. The van der Waals surface area contributed by atoms with Crippen molar-refractivity contribution in [1.82, 2.24) is 9.80 Å². The number of anilines is 1. The van der Waals surface area contributed by atoms with Gasteiger partial charge >= 0.3 is 0 Å². The summed E-state index contributed by atoms with van der Waals surface area (Å²) in [6.45, 7) is 6.91. The van der Waals surface area contributed by atoms with E-state index in [0.29, 0.717) is 6.04 Å². The van der Waals surface area contributed by atoms with Crippen LogP contribution in [-0.2, 0) is 6.42 Å². The molecule has 1 aromatic rings. The molecule has 19 heavy (non-hydrogen) atoms. The minimum atomic E-state index is 0.575. The molecule has 1 aliphatic heterocycles. The Bertz CT molecular complexity index is 364. The van der Waals surface area contributed by atoms with Crippen molar-refractivity contribution in [3.05, 3.63) is 29.8 Å². The normalized spacial score (nSPS) is 17.8. The summed E-state index contributed by atoms with van der Waals surface area (Å²) in [5.41, 5.74) is 2.80. The van der Waals surface area contributed by atoms with Crippen LogP contribution in [0, 0.1) is 0 Å². The predicted octanol–water partition coefficient (Wildman–Crippen LogP) is 2.30. The lowest BCUT2D eigenvalue weighted by Crippen LogP contribution is -2.39. The number of para-hydroxylation sites is 1. The molecule has 1 aliphatic rings. The maximum Gasteiger partial charge on any atom is 0.0429 e. The average Bonchev–Trinajstić information content (AvgIpc) is 2.78. The van der Waals surface area contributed by atoms with E-state index in [-0.39, 0.29) is 0 Å². The first-order valence-corrected chi connectivity index (χ1v) is 7.40. The lowest BCUT2D eigenvalue weighted by Gasteiger charge is -2.26. The summed E-state index contributed by atoms with van der Waals surface area (Å²) in [5.74, 6) is 0. The highest BCUT2D eigenvalue weighted by Gasteiger charge is 2.21. The number of benzene rings is 1. The molecule has 3 heteroatoms. The van der Waals surface area contributed by atoms with Gasteiger partial charge in [-0.3, -0.25) is 0 Å². The molecule has 0 spiro atoms. The molecule has 3 nitrogen and oxygen atoms in total. The topological polar surface area (TPSA) is 18.5 Å². The monoisotopic (exact) mass is 261 g/mol. The first kappa shape index (κ1) is 14.4. The molecule has 1 aromatic carbocycles. The first-order valence-electron chi connectivity index (χ1n) is 7.40. The molecule has 2 rings (SSSR count). The number of likely N-dealkylation sites (N-methyl/N-ethyl adjacent to an activating group) is 1. The Hall–Kier alpha value is -1.06. The molecule has 0 aliphatic carbocycles. The van der Waals surface area contributed by atoms with Crippen molar-refractivity contribution in [2.24, 2.45) is 0 Å². The highest BCUT2D eigenvalue weighted by atomic mass is 15.2. The largest absolute Gasteiger partial charge is 0.380 e. The quantitative estimate of drug-likeness (QED) is 0.812. The Balaban J connectivity index is 1.85. The minimum Gasteiger partial charge on any atom is -0.380 e. The van der Waals surface area contributed by atoms with E-state index >= 15 is 0 Å². The van der Waals surface area contributed by atoms with Crippen LogP contribution in [0.1, 0.15) is 18.9 Å². The van der Waals surface area contributed by atoms with Gasteiger partial charge in [0, 0.05) is 31.4 Å². The second kappa shape index (κ2) is 6.92. The van der Waals surface area contributed by atoms with Gasteiger partial charge in [-0.05, 0) is 45.1 Å². The van der Waals surface area contributed by atoms with E-state index in [4.69, 9.17) is 0 Å². The van der Waals surface area contributed by atoms with Crippen LogP contribution in [0.15, 0.2) is 24.3 Å². The fourth-order valence-corrected chi connectivity index (χ4v) is 2.75. The molecule has 0 amide bonds. The van der Waals surface area contributed by atoms with E-state index in [0.717, 1.165) is 19.6 Å². The minimum absolute atomic E-state index is 0.575. The Kier molecular flexibility index (Phi) is 5.23. The second-order valence-electron chi connectivity index (χ2n) is 5.81. The van der Waals surface area contributed by atoms with E-state index in [1.54, 1.807) is 0 Å². The first-order chi connectivity index (χ1) is 9.19. The van der Waals surface area contributed by atoms with Crippen LogP contribution in [0.25, 0.3) is 0 Å². The molecule has 0 saturated heterocycles. The van der Waals surface area contributed by atoms with E-state index < -0.39 is 0 Å². The molecule has 106 valence electrons. The fourth-order valence-electron chi connectivity index (χ4n) is 2.75. The zero-order valence-corrected chi connectivity index (χ0v) is 12.5. The van der Waals surface area contributed by atoms with E-state index in [1.165, 1.54) is 30.6 Å². The van der Waals surface area contributed by atoms with E-state index in [1.807, 2.05) is 0 Å². The molecule has 0 saturated carbocycles. The van der Waals surface area contributed by atoms with Crippen LogP contribution in [0.2, 0.25) is 0 Å². The van der Waals surface area contributed by atoms with Gasteiger partial charge in [0.05, 0.1) is 0 Å². The summed E-state index contributed by atoms with van der Waals surface area (Å²) in [7, 11) is 4.29. The third kappa shape index (κ3) is 4.22. The van der Waals surface area contributed by atoms with Gasteiger partial charge in [-0.1, -0.05) is 25.1 Å². The molecule has 0 fully saturated rings. The standard InChI is InChI=1S/C16H27N3/c1-4-9-19(11-10-18(2)3)13-15-12-14-7-5-6-8-16(14)17-15/h5-8,15,17H,4,9-13H2,1-3H3. The van der Waals surface area contributed by atoms with Crippen LogP contribution in [-0.4, -0.2) is 56.1 Å². The Labute approximate surface area is 117 Å². The second-order valence-corrected chi connectivity index (χ2v) is 5.81. The van der Waals surface area contributed by atoms with Crippen molar-refractivity contribution in [3.8, 4) is 0 Å². The smallest absolute Gasteiger partial charge is 0.0429 e. The predicted molar refractivity (Wildman–Crippen MR) is 82.8 cm³/mol. The summed E-state index contributed by atoms with van der Waals surface area (Å²) in [4.78, 5) is 4.85. The third-order valence-corrected chi connectivity index (χ3v) is 3.73. The van der Waals surface area contributed by atoms with Gasteiger partial charge in [0.25, 0.3) is 0 Å². The van der Waals surface area contributed by atoms with E-state index in [9.17, 15) is 0 Å². The number of fused-ring (bicyclic) bond motifs is 1. The lowest BCUT2D eigenvalue weighted by molar-refractivity contribution is 0.233. The number of hydrogen-bond donors (Lipinski definition) is 1. The number of nitrogens with zero attached hydrogens (tertiary/aromatic N) is 2. The average molecular weight is 261 g/mol. The van der Waals surface area contributed by atoms with Crippen LogP contribution >= 0.6 is 0 Å².